The van der Waals surface area contributed by atoms with Crippen LogP contribution in [0.4, 0.5) is 0 Å². The average Bonchev–Trinajstić information content (AvgIpc) is 2.42. The fraction of sp³-hybridized carbons (Fsp3) is 0.533. The smallest absolute Gasteiger partial charge is 0.322 e. The van der Waals surface area contributed by atoms with Crippen molar-refractivity contribution in [2.75, 3.05) is 26.7 Å². The van der Waals surface area contributed by atoms with Crippen LogP contribution in [-0.2, 0) is 11.2 Å². The lowest BCUT2D eigenvalue weighted by Gasteiger charge is -2.22. The van der Waals surface area contributed by atoms with E-state index in [1.165, 1.54) is 5.56 Å². The van der Waals surface area contributed by atoms with Gasteiger partial charge in [-0.1, -0.05) is 37.3 Å². The van der Waals surface area contributed by atoms with Crippen LogP contribution in [0.2, 0.25) is 0 Å². The minimum atomic E-state index is -0.778. The minimum Gasteiger partial charge on any atom is -0.480 e. The number of carboxylic acid groups (broad SMARTS) is 1. The Morgan fingerprint density at radius 2 is 2.05 bits per heavy atom. The van der Waals surface area contributed by atoms with Gasteiger partial charge in [-0.05, 0) is 32.0 Å². The maximum Gasteiger partial charge on any atom is 0.322 e. The van der Waals surface area contributed by atoms with Crippen molar-refractivity contribution >= 4 is 5.97 Å². The van der Waals surface area contributed by atoms with Crippen LogP contribution in [0.5, 0.6) is 0 Å². The molecule has 106 valence electrons. The zero-order valence-electron chi connectivity index (χ0n) is 11.8. The Kier molecular flexibility index (Phi) is 7.15. The van der Waals surface area contributed by atoms with Crippen LogP contribution in [0.15, 0.2) is 30.3 Å². The van der Waals surface area contributed by atoms with E-state index in [1.54, 1.807) is 0 Å². The fourth-order valence-electron chi connectivity index (χ4n) is 1.92. The van der Waals surface area contributed by atoms with Gasteiger partial charge in [0.2, 0.25) is 0 Å². The van der Waals surface area contributed by atoms with E-state index in [9.17, 15) is 4.79 Å². The minimum absolute atomic E-state index is 0.485. The topological polar surface area (TPSA) is 52.6 Å². The molecular weight excluding hydrogens is 240 g/mol. The van der Waals surface area contributed by atoms with Crippen LogP contribution in [0.3, 0.4) is 0 Å². The molecule has 0 saturated carbocycles. The molecule has 0 amide bonds. The summed E-state index contributed by atoms with van der Waals surface area (Å²) in [6.45, 7) is 4.16. The van der Waals surface area contributed by atoms with E-state index < -0.39 is 12.0 Å². The molecule has 19 heavy (non-hydrogen) atoms. The van der Waals surface area contributed by atoms with Crippen molar-refractivity contribution in [1.29, 1.82) is 0 Å². The molecule has 0 aromatic heterocycles. The van der Waals surface area contributed by atoms with Gasteiger partial charge in [0, 0.05) is 13.1 Å². The van der Waals surface area contributed by atoms with Gasteiger partial charge in [-0.3, -0.25) is 4.79 Å². The largest absolute Gasteiger partial charge is 0.480 e. The first kappa shape index (κ1) is 15.7. The highest BCUT2D eigenvalue weighted by Gasteiger charge is 2.17. The molecule has 0 heterocycles. The molecule has 1 atom stereocenters. The number of likely N-dealkylation sites (N-methyl/N-ethyl adjacent to an activating group) is 1. The van der Waals surface area contributed by atoms with E-state index in [-0.39, 0.29) is 0 Å². The van der Waals surface area contributed by atoms with E-state index in [0.29, 0.717) is 6.54 Å². The van der Waals surface area contributed by atoms with Crippen LogP contribution in [0.25, 0.3) is 0 Å². The van der Waals surface area contributed by atoms with Crippen molar-refractivity contribution in [1.82, 2.24) is 10.2 Å². The Bertz CT molecular complexity index is 368. The SMILES string of the molecule is CCCNC(CN(C)CCc1ccccc1)C(=O)O. The third-order valence-electron chi connectivity index (χ3n) is 3.06. The summed E-state index contributed by atoms with van der Waals surface area (Å²) in [6.07, 6.45) is 1.88. The first-order valence-electron chi connectivity index (χ1n) is 6.82. The number of carbonyl (C=O) groups is 1. The Hall–Kier alpha value is -1.39. The highest BCUT2D eigenvalue weighted by Crippen LogP contribution is 2.01. The maximum absolute atomic E-state index is 11.1. The highest BCUT2D eigenvalue weighted by molar-refractivity contribution is 5.73. The molecule has 0 saturated heterocycles. The molecule has 0 aliphatic rings. The second-order valence-electron chi connectivity index (χ2n) is 4.84. The number of nitrogens with zero attached hydrogens (tertiary/aromatic N) is 1. The van der Waals surface area contributed by atoms with Crippen molar-refractivity contribution in [3.05, 3.63) is 35.9 Å². The molecule has 1 aromatic rings. The number of nitrogens with one attached hydrogen (secondary N) is 1. The van der Waals surface area contributed by atoms with Crippen LogP contribution in [0.1, 0.15) is 18.9 Å². The number of hydrogen-bond donors (Lipinski definition) is 2. The Balaban J connectivity index is 2.35. The van der Waals surface area contributed by atoms with Crippen molar-refractivity contribution in [2.45, 2.75) is 25.8 Å². The van der Waals surface area contributed by atoms with Crippen LogP contribution < -0.4 is 5.32 Å². The summed E-state index contributed by atoms with van der Waals surface area (Å²) in [5.41, 5.74) is 1.28. The van der Waals surface area contributed by atoms with Crippen molar-refractivity contribution in [3.8, 4) is 0 Å². The summed E-state index contributed by atoms with van der Waals surface area (Å²) in [5, 5.41) is 12.2. The van der Waals surface area contributed by atoms with Gasteiger partial charge in [-0.25, -0.2) is 0 Å². The van der Waals surface area contributed by atoms with Gasteiger partial charge in [-0.15, -0.1) is 0 Å². The van der Waals surface area contributed by atoms with Gasteiger partial charge in [0.25, 0.3) is 0 Å². The lowest BCUT2D eigenvalue weighted by Crippen LogP contribution is -2.45. The Morgan fingerprint density at radius 3 is 2.63 bits per heavy atom. The van der Waals surface area contributed by atoms with E-state index in [0.717, 1.165) is 25.9 Å². The van der Waals surface area contributed by atoms with Crippen molar-refractivity contribution in [2.24, 2.45) is 0 Å². The third kappa shape index (κ3) is 6.36. The van der Waals surface area contributed by atoms with Gasteiger partial charge < -0.3 is 15.3 Å². The highest BCUT2D eigenvalue weighted by atomic mass is 16.4. The van der Waals surface area contributed by atoms with Crippen LogP contribution in [0, 0.1) is 0 Å². The van der Waals surface area contributed by atoms with E-state index in [1.807, 2.05) is 32.2 Å². The summed E-state index contributed by atoms with van der Waals surface area (Å²) in [5.74, 6) is -0.778. The lowest BCUT2D eigenvalue weighted by molar-refractivity contribution is -0.139. The summed E-state index contributed by atoms with van der Waals surface area (Å²) < 4.78 is 0. The summed E-state index contributed by atoms with van der Waals surface area (Å²) in [6, 6.07) is 9.76. The van der Waals surface area contributed by atoms with Crippen LogP contribution in [-0.4, -0.2) is 48.7 Å². The quantitative estimate of drug-likeness (QED) is 0.711. The molecule has 0 spiro atoms. The first-order valence-corrected chi connectivity index (χ1v) is 6.82. The van der Waals surface area contributed by atoms with Gasteiger partial charge in [0.05, 0.1) is 0 Å². The fourth-order valence-corrected chi connectivity index (χ4v) is 1.92. The standard InChI is InChI=1S/C15H24N2O2/c1-3-10-16-14(15(18)19)12-17(2)11-9-13-7-5-4-6-8-13/h4-8,14,16H,3,9-12H2,1-2H3,(H,18,19). The molecule has 0 bridgehead atoms. The van der Waals surface area contributed by atoms with Crippen molar-refractivity contribution in [3.63, 3.8) is 0 Å². The van der Waals surface area contributed by atoms with Gasteiger partial charge >= 0.3 is 5.97 Å². The van der Waals surface area contributed by atoms with E-state index in [4.69, 9.17) is 5.11 Å². The van der Waals surface area contributed by atoms with Gasteiger partial charge in [0.15, 0.2) is 0 Å². The summed E-state index contributed by atoms with van der Waals surface area (Å²) in [7, 11) is 1.96. The average molecular weight is 264 g/mol. The number of hydrogen-bond acceptors (Lipinski definition) is 3. The van der Waals surface area contributed by atoms with Crippen molar-refractivity contribution < 1.29 is 9.90 Å². The second-order valence-corrected chi connectivity index (χ2v) is 4.84. The molecule has 4 heteroatoms. The lowest BCUT2D eigenvalue weighted by atomic mass is 10.1. The van der Waals surface area contributed by atoms with E-state index in [2.05, 4.69) is 22.3 Å². The normalized spacial score (nSPS) is 12.6. The summed E-state index contributed by atoms with van der Waals surface area (Å²) >= 11 is 0. The van der Waals surface area contributed by atoms with Gasteiger partial charge in [0.1, 0.15) is 6.04 Å². The van der Waals surface area contributed by atoms with E-state index >= 15 is 0 Å². The molecule has 0 radical (unpaired) electrons. The zero-order chi connectivity index (χ0) is 14.1. The molecule has 1 unspecified atom stereocenters. The summed E-state index contributed by atoms with van der Waals surface area (Å²) in [4.78, 5) is 13.2. The maximum atomic E-state index is 11.1. The molecule has 0 aliphatic carbocycles. The zero-order valence-corrected chi connectivity index (χ0v) is 11.8. The molecule has 1 rings (SSSR count). The monoisotopic (exact) mass is 264 g/mol. The molecule has 1 aromatic carbocycles. The van der Waals surface area contributed by atoms with Crippen LogP contribution >= 0.6 is 0 Å². The third-order valence-corrected chi connectivity index (χ3v) is 3.06. The molecule has 4 nitrogen and oxygen atoms in total. The predicted molar refractivity (Wildman–Crippen MR) is 77.4 cm³/mol. The number of benzene rings is 1. The number of carboxylic acids is 1. The first-order chi connectivity index (χ1) is 9.13. The molecule has 2 N–H and O–H groups in total. The molecule has 0 aliphatic heterocycles. The molecule has 0 fully saturated rings. The Morgan fingerprint density at radius 1 is 1.37 bits per heavy atom. The number of rotatable bonds is 9. The Labute approximate surface area is 115 Å². The molecular formula is C15H24N2O2. The predicted octanol–water partition coefficient (Wildman–Crippen LogP) is 1.61. The van der Waals surface area contributed by atoms with Gasteiger partial charge in [-0.2, -0.15) is 0 Å². The second kappa shape index (κ2) is 8.67. The number of aliphatic carboxylic acids is 1.